The van der Waals surface area contributed by atoms with E-state index in [4.69, 9.17) is 4.74 Å². The normalized spacial score (nSPS) is 27.4. The van der Waals surface area contributed by atoms with Crippen molar-refractivity contribution in [1.29, 1.82) is 0 Å². The maximum absolute atomic E-state index is 12.8. The number of piperidine rings is 1. The Kier molecular flexibility index (Phi) is 5.11. The van der Waals surface area contributed by atoms with E-state index in [-0.39, 0.29) is 23.0 Å². The Bertz CT molecular complexity index is 824. The Labute approximate surface area is 149 Å². The molecule has 0 aromatic heterocycles. The molecule has 0 saturated carbocycles. The summed E-state index contributed by atoms with van der Waals surface area (Å²) < 4.78 is 59.2. The number of hydrogen-bond donors (Lipinski definition) is 1. The molecule has 0 spiro atoms. The van der Waals surface area contributed by atoms with Gasteiger partial charge in [-0.1, -0.05) is 12.1 Å². The summed E-state index contributed by atoms with van der Waals surface area (Å²) in [5.74, 6) is 0.328. The summed E-state index contributed by atoms with van der Waals surface area (Å²) in [5, 5.41) is 0. The van der Waals surface area contributed by atoms with Crippen LogP contribution in [0.1, 0.15) is 32.6 Å². The van der Waals surface area contributed by atoms with Crippen LogP contribution in [0.3, 0.4) is 0 Å². The molecule has 9 heteroatoms. The second kappa shape index (κ2) is 6.86. The van der Waals surface area contributed by atoms with Crippen LogP contribution in [0.2, 0.25) is 0 Å². The van der Waals surface area contributed by atoms with Crippen molar-refractivity contribution in [1.82, 2.24) is 9.03 Å². The highest BCUT2D eigenvalue weighted by atomic mass is 32.2. The smallest absolute Gasteiger partial charge is 0.244 e. The van der Waals surface area contributed by atoms with Crippen molar-refractivity contribution < 1.29 is 21.6 Å². The molecule has 2 aliphatic heterocycles. The van der Waals surface area contributed by atoms with E-state index in [1.165, 1.54) is 12.3 Å². The fourth-order valence-corrected chi connectivity index (χ4v) is 6.88. The summed E-state index contributed by atoms with van der Waals surface area (Å²) in [5.41, 5.74) is 0. The van der Waals surface area contributed by atoms with Gasteiger partial charge in [0.25, 0.3) is 0 Å². The van der Waals surface area contributed by atoms with Crippen molar-refractivity contribution >= 4 is 20.0 Å². The number of fused-ring (bicyclic) bond motifs is 2. The molecule has 0 aliphatic carbocycles. The van der Waals surface area contributed by atoms with Crippen LogP contribution in [0, 0.1) is 0 Å². The molecule has 2 heterocycles. The van der Waals surface area contributed by atoms with Crippen LogP contribution in [-0.4, -0.2) is 52.1 Å². The van der Waals surface area contributed by atoms with Gasteiger partial charge in [0.05, 0.1) is 12.9 Å². The predicted octanol–water partition coefficient (Wildman–Crippen LogP) is 1.32. The van der Waals surface area contributed by atoms with Crippen LogP contribution >= 0.6 is 0 Å². The fourth-order valence-electron chi connectivity index (χ4n) is 4.00. The first-order valence-electron chi connectivity index (χ1n) is 8.45. The van der Waals surface area contributed by atoms with E-state index in [0.29, 0.717) is 25.2 Å². The third-order valence-corrected chi connectivity index (χ3v) is 7.73. The first-order valence-corrected chi connectivity index (χ1v) is 11.8. The van der Waals surface area contributed by atoms with Crippen molar-refractivity contribution in [3.05, 3.63) is 24.3 Å². The quantitative estimate of drug-likeness (QED) is 0.793. The van der Waals surface area contributed by atoms with Crippen LogP contribution in [0.4, 0.5) is 0 Å². The molecule has 2 bridgehead atoms. The number of para-hydroxylation sites is 1. The molecule has 2 atom stereocenters. The number of hydrogen-bond acceptors (Lipinski definition) is 5. The van der Waals surface area contributed by atoms with Crippen molar-refractivity contribution in [3.8, 4) is 5.75 Å². The lowest BCUT2D eigenvalue weighted by atomic mass is 10.0. The summed E-state index contributed by atoms with van der Waals surface area (Å²) in [7, 11) is -6.99. The summed E-state index contributed by atoms with van der Waals surface area (Å²) in [4.78, 5) is 0.120. The molecular weight excluding hydrogens is 364 g/mol. The molecule has 2 aliphatic rings. The van der Waals surface area contributed by atoms with E-state index >= 15 is 0 Å². The zero-order valence-corrected chi connectivity index (χ0v) is 16.0. The maximum Gasteiger partial charge on any atom is 0.244 e. The lowest BCUT2D eigenvalue weighted by Gasteiger charge is -2.37. The van der Waals surface area contributed by atoms with Gasteiger partial charge in [-0.25, -0.2) is 21.6 Å². The van der Waals surface area contributed by atoms with Gasteiger partial charge in [-0.3, -0.25) is 0 Å². The highest BCUT2D eigenvalue weighted by Gasteiger charge is 2.46. The molecule has 1 aromatic rings. The largest absolute Gasteiger partial charge is 0.492 e. The summed E-state index contributed by atoms with van der Waals surface area (Å²) >= 11 is 0. The number of nitrogens with one attached hydrogen (secondary N) is 1. The first kappa shape index (κ1) is 18.6. The number of ether oxygens (including phenoxy) is 1. The topological polar surface area (TPSA) is 92.8 Å². The van der Waals surface area contributed by atoms with E-state index in [1.54, 1.807) is 29.4 Å². The highest BCUT2D eigenvalue weighted by Crippen LogP contribution is 2.38. The molecule has 0 amide bonds. The van der Waals surface area contributed by atoms with Gasteiger partial charge in [0.2, 0.25) is 20.0 Å². The molecule has 2 saturated heterocycles. The Hall–Kier alpha value is -1.16. The summed E-state index contributed by atoms with van der Waals surface area (Å²) in [6, 6.07) is 6.03. The van der Waals surface area contributed by atoms with Crippen LogP contribution in [0.15, 0.2) is 29.2 Å². The van der Waals surface area contributed by atoms with E-state index in [2.05, 4.69) is 4.72 Å². The van der Waals surface area contributed by atoms with E-state index in [9.17, 15) is 16.8 Å². The average molecular weight is 389 g/mol. The minimum atomic E-state index is -3.73. The van der Waals surface area contributed by atoms with Gasteiger partial charge < -0.3 is 4.74 Å². The zero-order chi connectivity index (χ0) is 18.2. The van der Waals surface area contributed by atoms with E-state index in [1.807, 2.05) is 0 Å². The van der Waals surface area contributed by atoms with Crippen molar-refractivity contribution in [3.63, 3.8) is 0 Å². The highest BCUT2D eigenvalue weighted by molar-refractivity contribution is 7.89. The summed E-state index contributed by atoms with van der Waals surface area (Å²) in [6.45, 7) is 2.18. The van der Waals surface area contributed by atoms with E-state index < -0.39 is 20.0 Å². The SMILES string of the molecule is CCOc1ccccc1S(=O)(=O)NC1CC2CCC(C1)N2S(C)(=O)=O. The number of sulfonamides is 2. The summed E-state index contributed by atoms with van der Waals surface area (Å²) in [6.07, 6.45) is 3.79. The Balaban J connectivity index is 1.78. The Morgan fingerprint density at radius 3 is 2.28 bits per heavy atom. The number of nitrogens with zero attached hydrogens (tertiary/aromatic N) is 1. The van der Waals surface area contributed by atoms with Crippen LogP contribution in [-0.2, 0) is 20.0 Å². The van der Waals surface area contributed by atoms with Crippen LogP contribution in [0.25, 0.3) is 0 Å². The molecular formula is C16H24N2O5S2. The third-order valence-electron chi connectivity index (χ3n) is 4.81. The average Bonchev–Trinajstić information content (AvgIpc) is 2.80. The van der Waals surface area contributed by atoms with Gasteiger partial charge >= 0.3 is 0 Å². The lowest BCUT2D eigenvalue weighted by Crippen LogP contribution is -2.52. The van der Waals surface area contributed by atoms with Crippen molar-refractivity contribution in [2.45, 2.75) is 55.6 Å². The molecule has 25 heavy (non-hydrogen) atoms. The molecule has 2 fully saturated rings. The molecule has 2 unspecified atom stereocenters. The van der Waals surface area contributed by atoms with E-state index in [0.717, 1.165) is 12.8 Å². The van der Waals surface area contributed by atoms with Crippen molar-refractivity contribution in [2.75, 3.05) is 12.9 Å². The van der Waals surface area contributed by atoms with Gasteiger partial charge in [-0.2, -0.15) is 4.31 Å². The van der Waals surface area contributed by atoms with Crippen molar-refractivity contribution in [2.24, 2.45) is 0 Å². The van der Waals surface area contributed by atoms with Gasteiger partial charge in [-0.15, -0.1) is 0 Å². The molecule has 1 N–H and O–H groups in total. The number of benzene rings is 1. The number of rotatable bonds is 6. The predicted molar refractivity (Wildman–Crippen MR) is 94.4 cm³/mol. The molecule has 7 nitrogen and oxygen atoms in total. The fraction of sp³-hybridized carbons (Fsp3) is 0.625. The van der Waals surface area contributed by atoms with Gasteiger partial charge in [0.15, 0.2) is 0 Å². The minimum absolute atomic E-state index is 0.120. The van der Waals surface area contributed by atoms with Gasteiger partial charge in [-0.05, 0) is 44.7 Å². The minimum Gasteiger partial charge on any atom is -0.492 e. The monoisotopic (exact) mass is 388 g/mol. The molecule has 140 valence electrons. The lowest BCUT2D eigenvalue weighted by molar-refractivity contribution is 0.220. The molecule has 0 radical (unpaired) electrons. The maximum atomic E-state index is 12.8. The Morgan fingerprint density at radius 1 is 1.12 bits per heavy atom. The second-order valence-electron chi connectivity index (χ2n) is 6.65. The standard InChI is InChI=1S/C16H24N2O5S2/c1-3-23-15-6-4-5-7-16(15)25(21,22)17-12-10-13-8-9-14(11-12)18(13)24(2,19)20/h4-7,12-14,17H,3,8-11H2,1-2H3. The third kappa shape index (κ3) is 3.84. The second-order valence-corrected chi connectivity index (χ2v) is 10.2. The molecule has 1 aromatic carbocycles. The molecule has 3 rings (SSSR count). The first-order chi connectivity index (χ1) is 11.7. The Morgan fingerprint density at radius 2 is 1.72 bits per heavy atom. The van der Waals surface area contributed by atoms with Gasteiger partial charge in [0.1, 0.15) is 10.6 Å². The van der Waals surface area contributed by atoms with Crippen LogP contribution < -0.4 is 9.46 Å². The van der Waals surface area contributed by atoms with Gasteiger partial charge in [0, 0.05) is 18.1 Å². The zero-order valence-electron chi connectivity index (χ0n) is 14.4. The van der Waals surface area contributed by atoms with Crippen LogP contribution in [0.5, 0.6) is 5.75 Å².